The van der Waals surface area contributed by atoms with Crippen molar-refractivity contribution < 1.29 is 4.74 Å². The van der Waals surface area contributed by atoms with Crippen LogP contribution in [-0.4, -0.2) is 62.9 Å². The Morgan fingerprint density at radius 1 is 1.00 bits per heavy atom. The number of aryl methyl sites for hydroxylation is 2. The van der Waals surface area contributed by atoms with E-state index in [0.717, 1.165) is 43.1 Å². The fraction of sp³-hybridized carbons (Fsp3) is 0.400. The van der Waals surface area contributed by atoms with Crippen LogP contribution in [0.1, 0.15) is 11.1 Å². The maximum atomic E-state index is 12.3. The van der Waals surface area contributed by atoms with E-state index in [9.17, 15) is 4.79 Å². The van der Waals surface area contributed by atoms with Crippen LogP contribution in [0.3, 0.4) is 0 Å². The number of rotatable bonds is 5. The Hall–Kier alpha value is -3.20. The highest BCUT2D eigenvalue weighted by molar-refractivity contribution is 5.45. The number of nitrogens with zero attached hydrogens (tertiary/aromatic N) is 7. The zero-order valence-corrected chi connectivity index (χ0v) is 16.9. The zero-order chi connectivity index (χ0) is 20.4. The van der Waals surface area contributed by atoms with Crippen molar-refractivity contribution in [1.29, 1.82) is 0 Å². The van der Waals surface area contributed by atoms with Crippen molar-refractivity contribution in [3.05, 3.63) is 58.0 Å². The van der Waals surface area contributed by atoms with Gasteiger partial charge in [-0.05, 0) is 42.1 Å². The van der Waals surface area contributed by atoms with Gasteiger partial charge in [-0.1, -0.05) is 18.2 Å². The van der Waals surface area contributed by atoms with Gasteiger partial charge in [0.15, 0.2) is 0 Å². The van der Waals surface area contributed by atoms with E-state index in [4.69, 9.17) is 4.74 Å². The first-order chi connectivity index (χ1) is 14.0. The first kappa shape index (κ1) is 19.1. The first-order valence-corrected chi connectivity index (χ1v) is 9.64. The van der Waals surface area contributed by atoms with Crippen molar-refractivity contribution in [3.8, 4) is 11.6 Å². The lowest BCUT2D eigenvalue weighted by atomic mass is 10.1. The van der Waals surface area contributed by atoms with Crippen LogP contribution in [0.4, 0.5) is 5.82 Å². The van der Waals surface area contributed by atoms with Crippen LogP contribution in [0.5, 0.6) is 5.88 Å². The largest absolute Gasteiger partial charge is 0.473 e. The van der Waals surface area contributed by atoms with E-state index in [0.29, 0.717) is 11.6 Å². The molecule has 4 rings (SSSR count). The molecule has 9 heteroatoms. The van der Waals surface area contributed by atoms with Crippen molar-refractivity contribution in [1.82, 2.24) is 29.7 Å². The molecule has 0 saturated carbocycles. The molecule has 1 fully saturated rings. The molecule has 0 N–H and O–H groups in total. The quantitative estimate of drug-likeness (QED) is 0.637. The monoisotopic (exact) mass is 395 g/mol. The lowest BCUT2D eigenvalue weighted by Crippen LogP contribution is -2.44. The predicted molar refractivity (Wildman–Crippen MR) is 110 cm³/mol. The number of tetrazole rings is 1. The number of hydrogen-bond donors (Lipinski definition) is 0. The van der Waals surface area contributed by atoms with Crippen LogP contribution in [0.25, 0.3) is 5.69 Å². The number of hydrogen-bond acceptors (Lipinski definition) is 7. The van der Waals surface area contributed by atoms with Crippen LogP contribution in [0.2, 0.25) is 0 Å². The van der Waals surface area contributed by atoms with Crippen LogP contribution in [0.15, 0.2) is 41.2 Å². The van der Waals surface area contributed by atoms with Gasteiger partial charge >= 0.3 is 5.69 Å². The summed E-state index contributed by atoms with van der Waals surface area (Å²) in [4.78, 5) is 21.5. The Balaban J connectivity index is 1.55. The standard InChI is InChI=1S/C20H25N7O2/c1-15-6-4-7-17(27-20(28)25(3)22-23-27)16(15)14-29-19-9-5-8-18(21-19)26-12-10-24(2)11-13-26/h4-9H,10-14H2,1-3H3. The highest BCUT2D eigenvalue weighted by Gasteiger charge is 2.17. The van der Waals surface area contributed by atoms with Crippen molar-refractivity contribution in [2.24, 2.45) is 7.05 Å². The first-order valence-electron chi connectivity index (χ1n) is 9.64. The number of benzene rings is 1. The molecule has 1 aliphatic rings. The predicted octanol–water partition coefficient (Wildman–Crippen LogP) is 1.00. The molecular formula is C20H25N7O2. The molecule has 1 saturated heterocycles. The second-order valence-electron chi connectivity index (χ2n) is 7.28. The van der Waals surface area contributed by atoms with Gasteiger partial charge in [0.25, 0.3) is 0 Å². The van der Waals surface area contributed by atoms with E-state index in [-0.39, 0.29) is 12.3 Å². The Kier molecular flexibility index (Phi) is 5.30. The van der Waals surface area contributed by atoms with Crippen molar-refractivity contribution in [3.63, 3.8) is 0 Å². The van der Waals surface area contributed by atoms with Gasteiger partial charge in [-0.3, -0.25) is 0 Å². The highest BCUT2D eigenvalue weighted by atomic mass is 16.5. The summed E-state index contributed by atoms with van der Waals surface area (Å²) in [6.07, 6.45) is 0. The number of ether oxygens (including phenoxy) is 1. The van der Waals surface area contributed by atoms with Crippen molar-refractivity contribution >= 4 is 5.82 Å². The van der Waals surface area contributed by atoms with Crippen LogP contribution in [0, 0.1) is 6.92 Å². The van der Waals surface area contributed by atoms with Crippen molar-refractivity contribution in [2.45, 2.75) is 13.5 Å². The van der Waals surface area contributed by atoms with E-state index in [1.807, 2.05) is 43.3 Å². The van der Waals surface area contributed by atoms with Crippen LogP contribution in [-0.2, 0) is 13.7 Å². The molecule has 0 aliphatic carbocycles. The summed E-state index contributed by atoms with van der Waals surface area (Å²) in [6, 6.07) is 11.5. The van der Waals surface area contributed by atoms with Gasteiger partial charge in [0.2, 0.25) is 5.88 Å². The molecule has 0 unspecified atom stereocenters. The number of piperazine rings is 1. The summed E-state index contributed by atoms with van der Waals surface area (Å²) < 4.78 is 8.51. The molecular weight excluding hydrogens is 370 g/mol. The molecule has 0 atom stereocenters. The van der Waals surface area contributed by atoms with Gasteiger partial charge in [-0.2, -0.15) is 14.3 Å². The molecule has 3 heterocycles. The van der Waals surface area contributed by atoms with E-state index in [1.165, 1.54) is 9.36 Å². The minimum Gasteiger partial charge on any atom is -0.473 e. The Labute approximate surface area is 169 Å². The van der Waals surface area contributed by atoms with Gasteiger partial charge in [0.1, 0.15) is 12.4 Å². The molecule has 1 aromatic carbocycles. The number of aromatic nitrogens is 5. The normalized spacial score (nSPS) is 14.9. The third kappa shape index (κ3) is 4.00. The van der Waals surface area contributed by atoms with E-state index in [1.54, 1.807) is 7.05 Å². The number of likely N-dealkylation sites (N-methyl/N-ethyl adjacent to an activating group) is 1. The third-order valence-corrected chi connectivity index (χ3v) is 5.24. The molecule has 0 amide bonds. The fourth-order valence-corrected chi connectivity index (χ4v) is 3.38. The highest BCUT2D eigenvalue weighted by Crippen LogP contribution is 2.21. The minimum atomic E-state index is -0.299. The Morgan fingerprint density at radius 3 is 2.48 bits per heavy atom. The van der Waals surface area contributed by atoms with Crippen LogP contribution < -0.4 is 15.3 Å². The number of pyridine rings is 1. The van der Waals surface area contributed by atoms with Gasteiger partial charge in [0.05, 0.1) is 5.69 Å². The summed E-state index contributed by atoms with van der Waals surface area (Å²) in [5.74, 6) is 1.48. The lowest BCUT2D eigenvalue weighted by molar-refractivity contribution is 0.290. The molecule has 0 bridgehead atoms. The third-order valence-electron chi connectivity index (χ3n) is 5.24. The summed E-state index contributed by atoms with van der Waals surface area (Å²) in [6.45, 7) is 6.20. The van der Waals surface area contributed by atoms with Gasteiger partial charge in [-0.25, -0.2) is 4.79 Å². The maximum absolute atomic E-state index is 12.3. The van der Waals surface area contributed by atoms with Gasteiger partial charge in [-0.15, -0.1) is 0 Å². The summed E-state index contributed by atoms with van der Waals surface area (Å²) in [5, 5.41) is 7.76. The smallest absolute Gasteiger partial charge is 0.368 e. The summed E-state index contributed by atoms with van der Waals surface area (Å²) in [5.41, 5.74) is 2.25. The van der Waals surface area contributed by atoms with E-state index < -0.39 is 0 Å². The molecule has 3 aromatic rings. The average molecular weight is 395 g/mol. The fourth-order valence-electron chi connectivity index (χ4n) is 3.38. The molecule has 9 nitrogen and oxygen atoms in total. The molecule has 2 aromatic heterocycles. The molecule has 1 aliphatic heterocycles. The van der Waals surface area contributed by atoms with Gasteiger partial charge < -0.3 is 14.5 Å². The molecule has 29 heavy (non-hydrogen) atoms. The molecule has 0 radical (unpaired) electrons. The van der Waals surface area contributed by atoms with Gasteiger partial charge in [0, 0.05) is 44.9 Å². The second kappa shape index (κ2) is 8.04. The van der Waals surface area contributed by atoms with E-state index in [2.05, 4.69) is 32.3 Å². The van der Waals surface area contributed by atoms with E-state index >= 15 is 0 Å². The minimum absolute atomic E-state index is 0.282. The average Bonchev–Trinajstić information content (AvgIpc) is 3.06. The zero-order valence-electron chi connectivity index (χ0n) is 16.9. The van der Waals surface area contributed by atoms with Crippen LogP contribution >= 0.6 is 0 Å². The topological polar surface area (TPSA) is 81.3 Å². The summed E-state index contributed by atoms with van der Waals surface area (Å²) in [7, 11) is 3.71. The lowest BCUT2D eigenvalue weighted by Gasteiger charge is -2.33. The second-order valence-corrected chi connectivity index (χ2v) is 7.28. The Morgan fingerprint density at radius 2 is 1.76 bits per heavy atom. The molecule has 0 spiro atoms. The Bertz CT molecular complexity index is 1050. The summed E-state index contributed by atoms with van der Waals surface area (Å²) >= 11 is 0. The van der Waals surface area contributed by atoms with Crippen molar-refractivity contribution in [2.75, 3.05) is 38.1 Å². The SMILES string of the molecule is Cc1cccc(-n2nnn(C)c2=O)c1COc1cccc(N2CCN(C)CC2)n1. The maximum Gasteiger partial charge on any atom is 0.368 e. The molecule has 152 valence electrons. The number of anilines is 1.